The highest BCUT2D eigenvalue weighted by Crippen LogP contribution is 2.25. The van der Waals surface area contributed by atoms with Crippen LogP contribution in [0.4, 0.5) is 0 Å². The number of aliphatic hydroxyl groups is 1. The molecule has 1 heterocycles. The number of nitrogens with zero attached hydrogens (tertiary/aromatic N) is 1. The maximum Gasteiger partial charge on any atom is 0.258 e. The molecule has 1 aromatic heterocycles. The lowest BCUT2D eigenvalue weighted by Crippen LogP contribution is -2.32. The molecule has 1 unspecified atom stereocenters. The molecule has 5 nitrogen and oxygen atoms in total. The number of fused-ring (bicyclic) bond motifs is 1. The molecule has 130 valence electrons. The van der Waals surface area contributed by atoms with E-state index in [4.69, 9.17) is 4.74 Å². The maximum absolute atomic E-state index is 11.9. The predicted octanol–water partition coefficient (Wildman–Crippen LogP) is 2.72. The highest BCUT2D eigenvalue weighted by Gasteiger charge is 2.15. The van der Waals surface area contributed by atoms with E-state index in [0.29, 0.717) is 5.75 Å². The third kappa shape index (κ3) is 4.00. The van der Waals surface area contributed by atoms with Gasteiger partial charge in [-0.25, -0.2) is 0 Å². The van der Waals surface area contributed by atoms with Crippen molar-refractivity contribution in [3.05, 3.63) is 65.9 Å². The summed E-state index contributed by atoms with van der Waals surface area (Å²) >= 11 is 0. The van der Waals surface area contributed by atoms with E-state index in [1.54, 1.807) is 0 Å². The monoisotopic (exact) mass is 338 g/mol. The summed E-state index contributed by atoms with van der Waals surface area (Å²) in [5, 5.41) is 14.1. The molecule has 2 N–H and O–H groups in total. The van der Waals surface area contributed by atoms with E-state index >= 15 is 0 Å². The summed E-state index contributed by atoms with van der Waals surface area (Å²) in [4.78, 5) is 11.9. The molecule has 0 radical (unpaired) electrons. The van der Waals surface area contributed by atoms with Crippen LogP contribution < -0.4 is 10.1 Å². The number of carbonyl (C=O) groups is 1. The lowest BCUT2D eigenvalue weighted by Gasteiger charge is -2.12. The summed E-state index contributed by atoms with van der Waals surface area (Å²) in [6.45, 7) is 2.06. The van der Waals surface area contributed by atoms with E-state index < -0.39 is 6.10 Å². The average molecular weight is 338 g/mol. The van der Waals surface area contributed by atoms with E-state index in [9.17, 15) is 9.90 Å². The smallest absolute Gasteiger partial charge is 0.258 e. The molecule has 0 aliphatic heterocycles. The Morgan fingerprint density at radius 2 is 1.92 bits per heavy atom. The molecule has 0 bridgehead atoms. The van der Waals surface area contributed by atoms with Crippen molar-refractivity contribution in [1.29, 1.82) is 0 Å². The van der Waals surface area contributed by atoms with Gasteiger partial charge in [0, 0.05) is 36.3 Å². The molecule has 0 aliphatic rings. The van der Waals surface area contributed by atoms with Gasteiger partial charge in [-0.1, -0.05) is 35.9 Å². The number of hydrogen-bond donors (Lipinski definition) is 2. The molecule has 3 aromatic rings. The van der Waals surface area contributed by atoms with Crippen molar-refractivity contribution in [3.63, 3.8) is 0 Å². The number of aliphatic hydroxyl groups excluding tert-OH is 1. The van der Waals surface area contributed by atoms with Crippen LogP contribution in [0.1, 0.15) is 17.2 Å². The quantitative estimate of drug-likeness (QED) is 0.726. The van der Waals surface area contributed by atoms with Gasteiger partial charge in [0.05, 0.1) is 6.10 Å². The molecular weight excluding hydrogens is 316 g/mol. The van der Waals surface area contributed by atoms with Gasteiger partial charge < -0.3 is 19.7 Å². The highest BCUT2D eigenvalue weighted by atomic mass is 16.5. The minimum Gasteiger partial charge on any atom is -0.484 e. The number of rotatable bonds is 6. The van der Waals surface area contributed by atoms with Gasteiger partial charge in [-0.2, -0.15) is 0 Å². The minimum absolute atomic E-state index is 0.0781. The summed E-state index contributed by atoms with van der Waals surface area (Å²) in [5.41, 5.74) is 2.98. The van der Waals surface area contributed by atoms with Crippen molar-refractivity contribution < 1.29 is 14.6 Å². The minimum atomic E-state index is -0.769. The first kappa shape index (κ1) is 17.0. The first-order valence-electron chi connectivity index (χ1n) is 8.23. The highest BCUT2D eigenvalue weighted by molar-refractivity contribution is 5.84. The van der Waals surface area contributed by atoms with Crippen LogP contribution in [-0.4, -0.2) is 28.7 Å². The van der Waals surface area contributed by atoms with Gasteiger partial charge in [0.15, 0.2) is 6.61 Å². The largest absolute Gasteiger partial charge is 0.484 e. The number of hydrogen-bond acceptors (Lipinski definition) is 3. The number of ether oxygens (including phenoxy) is 1. The first-order valence-corrected chi connectivity index (χ1v) is 8.23. The lowest BCUT2D eigenvalue weighted by atomic mass is 10.1. The summed E-state index contributed by atoms with van der Waals surface area (Å²) < 4.78 is 7.41. The van der Waals surface area contributed by atoms with E-state index in [1.165, 1.54) is 0 Å². The van der Waals surface area contributed by atoms with Crippen LogP contribution in [0.3, 0.4) is 0 Å². The normalized spacial score (nSPS) is 12.1. The SMILES string of the molecule is Cc1ccc(OCC(=O)NCC(O)c2cn(C)c3ccccc23)cc1. The molecule has 0 aliphatic carbocycles. The van der Waals surface area contributed by atoms with E-state index in [2.05, 4.69) is 5.32 Å². The molecule has 5 heteroatoms. The number of amides is 1. The van der Waals surface area contributed by atoms with Crippen molar-refractivity contribution in [2.45, 2.75) is 13.0 Å². The summed E-state index contributed by atoms with van der Waals surface area (Å²) in [7, 11) is 1.94. The van der Waals surface area contributed by atoms with E-state index in [1.807, 2.05) is 73.3 Å². The Bertz CT molecular complexity index is 868. The number of aryl methyl sites for hydroxylation is 2. The molecule has 0 spiro atoms. The molecule has 25 heavy (non-hydrogen) atoms. The summed E-state index contributed by atoms with van der Waals surface area (Å²) in [5.74, 6) is 0.384. The second kappa shape index (κ2) is 7.40. The van der Waals surface area contributed by atoms with Crippen LogP contribution >= 0.6 is 0 Å². The average Bonchev–Trinajstić information content (AvgIpc) is 2.96. The van der Waals surface area contributed by atoms with Gasteiger partial charge >= 0.3 is 0 Å². The van der Waals surface area contributed by atoms with E-state index in [0.717, 1.165) is 22.0 Å². The molecule has 3 rings (SSSR count). The predicted molar refractivity (Wildman–Crippen MR) is 97.6 cm³/mol. The molecule has 1 atom stereocenters. The molecular formula is C20H22N2O3. The number of aromatic nitrogens is 1. The Balaban J connectivity index is 1.55. The molecule has 0 saturated heterocycles. The van der Waals surface area contributed by atoms with Gasteiger partial charge in [-0.15, -0.1) is 0 Å². The maximum atomic E-state index is 11.9. The third-order valence-corrected chi connectivity index (χ3v) is 4.17. The fourth-order valence-corrected chi connectivity index (χ4v) is 2.79. The molecule has 0 fully saturated rings. The van der Waals surface area contributed by atoms with Crippen LogP contribution in [-0.2, 0) is 11.8 Å². The number of para-hydroxylation sites is 1. The Hall–Kier alpha value is -2.79. The Morgan fingerprint density at radius 3 is 2.68 bits per heavy atom. The van der Waals surface area contributed by atoms with Gasteiger partial charge in [-0.05, 0) is 25.1 Å². The number of nitrogens with one attached hydrogen (secondary N) is 1. The summed E-state index contributed by atoms with van der Waals surface area (Å²) in [6.07, 6.45) is 1.12. The van der Waals surface area contributed by atoms with Gasteiger partial charge in [0.2, 0.25) is 0 Å². The fraction of sp³-hybridized carbons (Fsp3) is 0.250. The van der Waals surface area contributed by atoms with Crippen molar-refractivity contribution in [1.82, 2.24) is 9.88 Å². The van der Waals surface area contributed by atoms with Crippen molar-refractivity contribution in [2.24, 2.45) is 7.05 Å². The standard InChI is InChI=1S/C20H22N2O3/c1-14-7-9-15(10-8-14)25-13-20(24)21-11-19(23)17-12-22(2)18-6-4-3-5-16(17)18/h3-10,12,19,23H,11,13H2,1-2H3,(H,21,24). The van der Waals surface area contributed by atoms with Crippen LogP contribution in [0.15, 0.2) is 54.7 Å². The second-order valence-electron chi connectivity index (χ2n) is 6.13. The second-order valence-corrected chi connectivity index (χ2v) is 6.13. The van der Waals surface area contributed by atoms with Crippen molar-refractivity contribution in [2.75, 3.05) is 13.2 Å². The van der Waals surface area contributed by atoms with Gasteiger partial charge in [0.1, 0.15) is 5.75 Å². The zero-order valence-electron chi connectivity index (χ0n) is 14.4. The topological polar surface area (TPSA) is 63.5 Å². The van der Waals surface area contributed by atoms with Gasteiger partial charge in [-0.3, -0.25) is 4.79 Å². The molecule has 2 aromatic carbocycles. The van der Waals surface area contributed by atoms with Crippen molar-refractivity contribution in [3.8, 4) is 5.75 Å². The zero-order chi connectivity index (χ0) is 17.8. The summed E-state index contributed by atoms with van der Waals surface area (Å²) in [6, 6.07) is 15.4. The lowest BCUT2D eigenvalue weighted by molar-refractivity contribution is -0.123. The van der Waals surface area contributed by atoms with Crippen LogP contribution in [0.2, 0.25) is 0 Å². The Morgan fingerprint density at radius 1 is 1.20 bits per heavy atom. The Kier molecular flexibility index (Phi) is 5.05. The van der Waals surface area contributed by atoms with Crippen LogP contribution in [0.5, 0.6) is 5.75 Å². The third-order valence-electron chi connectivity index (χ3n) is 4.17. The molecule has 0 saturated carbocycles. The number of benzene rings is 2. The van der Waals surface area contributed by atoms with Gasteiger partial charge in [0.25, 0.3) is 5.91 Å². The number of carbonyl (C=O) groups excluding carboxylic acids is 1. The van der Waals surface area contributed by atoms with Crippen molar-refractivity contribution >= 4 is 16.8 Å². The molecule has 1 amide bonds. The van der Waals surface area contributed by atoms with Crippen LogP contribution in [0, 0.1) is 6.92 Å². The van der Waals surface area contributed by atoms with E-state index in [-0.39, 0.29) is 19.1 Å². The first-order chi connectivity index (χ1) is 12.0. The Labute approximate surface area is 146 Å². The fourth-order valence-electron chi connectivity index (χ4n) is 2.79. The zero-order valence-corrected chi connectivity index (χ0v) is 14.4. The van der Waals surface area contributed by atoms with Crippen LogP contribution in [0.25, 0.3) is 10.9 Å².